The molecule has 0 unspecified atom stereocenters. The van der Waals surface area contributed by atoms with E-state index in [-0.39, 0.29) is 6.61 Å². The third-order valence-electron chi connectivity index (χ3n) is 3.15. The molecule has 90 valence electrons. The van der Waals surface area contributed by atoms with E-state index in [1.807, 2.05) is 29.7 Å². The van der Waals surface area contributed by atoms with Crippen LogP contribution < -0.4 is 5.32 Å². The van der Waals surface area contributed by atoms with Gasteiger partial charge in [-0.3, -0.25) is 4.98 Å². The van der Waals surface area contributed by atoms with E-state index in [0.717, 1.165) is 5.69 Å². The SMILES string of the molecule is OCC[NH2+]C=C1c2ccccc2-c2ncccc21. The second-order valence-corrected chi connectivity index (χ2v) is 4.27. The Labute approximate surface area is 106 Å². The Balaban J connectivity index is 2.12. The van der Waals surface area contributed by atoms with Gasteiger partial charge in [-0.1, -0.05) is 30.3 Å². The Bertz CT molecular complexity index is 557. The number of benzene rings is 1. The van der Waals surface area contributed by atoms with Gasteiger partial charge >= 0.3 is 0 Å². The summed E-state index contributed by atoms with van der Waals surface area (Å²) in [7, 11) is 0. The summed E-state index contributed by atoms with van der Waals surface area (Å²) in [5, 5.41) is 10.9. The zero-order chi connectivity index (χ0) is 12.4. The molecule has 0 amide bonds. The minimum Gasteiger partial charge on any atom is -0.391 e. The molecule has 1 heterocycles. The fourth-order valence-electron chi connectivity index (χ4n) is 2.36. The van der Waals surface area contributed by atoms with Gasteiger partial charge in [0.05, 0.1) is 12.3 Å². The van der Waals surface area contributed by atoms with Crippen molar-refractivity contribution >= 4 is 5.57 Å². The molecule has 3 N–H and O–H groups in total. The van der Waals surface area contributed by atoms with Crippen LogP contribution in [0.5, 0.6) is 0 Å². The smallest absolute Gasteiger partial charge is 0.103 e. The predicted octanol–water partition coefficient (Wildman–Crippen LogP) is 1.01. The Morgan fingerprint density at radius 1 is 1.06 bits per heavy atom. The first-order chi connectivity index (χ1) is 8.92. The van der Waals surface area contributed by atoms with Crippen LogP contribution in [0.3, 0.4) is 0 Å². The minimum atomic E-state index is 0.186. The highest BCUT2D eigenvalue weighted by Gasteiger charge is 2.24. The Hall–Kier alpha value is -1.97. The van der Waals surface area contributed by atoms with E-state index in [2.05, 4.69) is 29.4 Å². The Morgan fingerprint density at radius 2 is 1.83 bits per heavy atom. The number of nitrogens with zero attached hydrogens (tertiary/aromatic N) is 1. The van der Waals surface area contributed by atoms with Crippen molar-refractivity contribution in [1.29, 1.82) is 0 Å². The largest absolute Gasteiger partial charge is 0.391 e. The summed E-state index contributed by atoms with van der Waals surface area (Å²) in [4.78, 5) is 4.47. The van der Waals surface area contributed by atoms with Crippen molar-refractivity contribution in [2.45, 2.75) is 0 Å². The molecule has 3 nitrogen and oxygen atoms in total. The maximum atomic E-state index is 8.86. The number of aromatic nitrogens is 1. The maximum Gasteiger partial charge on any atom is 0.103 e. The van der Waals surface area contributed by atoms with Gasteiger partial charge in [0.1, 0.15) is 12.7 Å². The van der Waals surface area contributed by atoms with Crippen molar-refractivity contribution in [1.82, 2.24) is 4.98 Å². The number of fused-ring (bicyclic) bond motifs is 3. The summed E-state index contributed by atoms with van der Waals surface area (Å²) < 4.78 is 0. The highest BCUT2D eigenvalue weighted by molar-refractivity contribution is 5.99. The van der Waals surface area contributed by atoms with Crippen LogP contribution in [-0.4, -0.2) is 23.2 Å². The summed E-state index contributed by atoms with van der Waals surface area (Å²) >= 11 is 0. The molecule has 1 aromatic heterocycles. The number of pyridine rings is 1. The molecule has 0 fully saturated rings. The molecule has 1 aromatic carbocycles. The zero-order valence-corrected chi connectivity index (χ0v) is 10.0. The van der Waals surface area contributed by atoms with Crippen molar-refractivity contribution < 1.29 is 10.4 Å². The number of aliphatic hydroxyl groups is 1. The van der Waals surface area contributed by atoms with Crippen molar-refractivity contribution in [2.24, 2.45) is 0 Å². The number of rotatable bonds is 3. The topological polar surface area (TPSA) is 49.7 Å². The predicted molar refractivity (Wildman–Crippen MR) is 70.6 cm³/mol. The van der Waals surface area contributed by atoms with Gasteiger partial charge < -0.3 is 10.4 Å². The van der Waals surface area contributed by atoms with E-state index >= 15 is 0 Å². The zero-order valence-electron chi connectivity index (χ0n) is 10.0. The molecule has 3 rings (SSSR count). The molecule has 1 aliphatic carbocycles. The molecule has 0 spiro atoms. The molecule has 0 bridgehead atoms. The molecule has 0 aliphatic heterocycles. The van der Waals surface area contributed by atoms with Crippen molar-refractivity contribution in [3.8, 4) is 11.3 Å². The average molecular weight is 239 g/mol. The van der Waals surface area contributed by atoms with Crippen LogP contribution in [0, 0.1) is 0 Å². The molecule has 1 aliphatic rings. The second kappa shape index (κ2) is 4.72. The lowest BCUT2D eigenvalue weighted by Crippen LogP contribution is -2.79. The van der Waals surface area contributed by atoms with Crippen LogP contribution in [0.1, 0.15) is 11.1 Å². The molecule has 0 atom stereocenters. The van der Waals surface area contributed by atoms with Crippen LogP contribution in [0.2, 0.25) is 0 Å². The highest BCUT2D eigenvalue weighted by atomic mass is 16.3. The third-order valence-corrected chi connectivity index (χ3v) is 3.15. The van der Waals surface area contributed by atoms with Crippen molar-refractivity contribution in [2.75, 3.05) is 13.2 Å². The lowest BCUT2D eigenvalue weighted by molar-refractivity contribution is -0.588. The number of quaternary nitrogens is 1. The highest BCUT2D eigenvalue weighted by Crippen LogP contribution is 2.41. The van der Waals surface area contributed by atoms with E-state index in [0.29, 0.717) is 6.54 Å². The molecule has 0 saturated heterocycles. The van der Waals surface area contributed by atoms with E-state index in [1.54, 1.807) is 0 Å². The number of hydrogen-bond acceptors (Lipinski definition) is 2. The molecule has 0 saturated carbocycles. The van der Waals surface area contributed by atoms with Crippen LogP contribution in [-0.2, 0) is 0 Å². The fraction of sp³-hybridized carbons (Fsp3) is 0.133. The van der Waals surface area contributed by atoms with Crippen LogP contribution in [0.4, 0.5) is 0 Å². The van der Waals surface area contributed by atoms with Gasteiger partial charge in [0.2, 0.25) is 0 Å². The van der Waals surface area contributed by atoms with Crippen molar-refractivity contribution in [3.63, 3.8) is 0 Å². The summed E-state index contributed by atoms with van der Waals surface area (Å²) in [6, 6.07) is 12.4. The van der Waals surface area contributed by atoms with E-state index in [1.165, 1.54) is 22.3 Å². The monoisotopic (exact) mass is 239 g/mol. The number of aliphatic hydroxyl groups excluding tert-OH is 1. The normalized spacial score (nSPS) is 14.6. The fourth-order valence-corrected chi connectivity index (χ4v) is 2.36. The standard InChI is InChI=1S/C15H14N2O/c18-9-8-16-10-14-11-4-1-2-5-12(11)15-13(14)6-3-7-17-15/h1-7,10,16,18H,8-9H2/p+1. The lowest BCUT2D eigenvalue weighted by Gasteiger charge is -2.00. The average Bonchev–Trinajstić information content (AvgIpc) is 2.74. The quantitative estimate of drug-likeness (QED) is 0.670. The van der Waals surface area contributed by atoms with Crippen LogP contribution >= 0.6 is 0 Å². The van der Waals surface area contributed by atoms with Gasteiger partial charge in [-0.25, -0.2) is 0 Å². The number of hydrogen-bond donors (Lipinski definition) is 2. The second-order valence-electron chi connectivity index (χ2n) is 4.27. The van der Waals surface area contributed by atoms with Gasteiger partial charge in [0.25, 0.3) is 0 Å². The summed E-state index contributed by atoms with van der Waals surface area (Å²) in [6.07, 6.45) is 3.92. The molecular weight excluding hydrogens is 224 g/mol. The van der Waals surface area contributed by atoms with Gasteiger partial charge in [-0.15, -0.1) is 0 Å². The van der Waals surface area contributed by atoms with Gasteiger partial charge in [0.15, 0.2) is 0 Å². The first-order valence-corrected chi connectivity index (χ1v) is 6.11. The first kappa shape index (κ1) is 11.1. The summed E-state index contributed by atoms with van der Waals surface area (Å²) in [6.45, 7) is 0.868. The van der Waals surface area contributed by atoms with Crippen molar-refractivity contribution in [3.05, 3.63) is 59.9 Å². The summed E-state index contributed by atoms with van der Waals surface area (Å²) in [5.41, 5.74) is 5.84. The lowest BCUT2D eigenvalue weighted by atomic mass is 10.1. The molecule has 18 heavy (non-hydrogen) atoms. The maximum absolute atomic E-state index is 8.86. The van der Waals surface area contributed by atoms with Gasteiger partial charge in [0, 0.05) is 22.9 Å². The van der Waals surface area contributed by atoms with Gasteiger partial charge in [-0.05, 0) is 11.6 Å². The first-order valence-electron chi connectivity index (χ1n) is 6.11. The Kier molecular flexibility index (Phi) is 2.92. The third kappa shape index (κ3) is 1.74. The molecule has 0 radical (unpaired) electrons. The molecular formula is C15H15N2O+. The van der Waals surface area contributed by atoms with E-state index < -0.39 is 0 Å². The molecule has 2 aromatic rings. The molecule has 3 heteroatoms. The van der Waals surface area contributed by atoms with E-state index in [4.69, 9.17) is 5.11 Å². The van der Waals surface area contributed by atoms with Crippen LogP contribution in [0.15, 0.2) is 48.8 Å². The summed E-state index contributed by atoms with van der Waals surface area (Å²) in [5.74, 6) is 0. The number of nitrogens with two attached hydrogens (primary N) is 1. The minimum absolute atomic E-state index is 0.186. The Morgan fingerprint density at radius 3 is 2.67 bits per heavy atom. The van der Waals surface area contributed by atoms with Gasteiger partial charge in [-0.2, -0.15) is 0 Å². The van der Waals surface area contributed by atoms with E-state index in [9.17, 15) is 0 Å². The van der Waals surface area contributed by atoms with Crippen LogP contribution in [0.25, 0.3) is 16.8 Å².